The average Bonchev–Trinajstić information content (AvgIpc) is 3.36. The van der Waals surface area contributed by atoms with Crippen molar-refractivity contribution in [3.05, 3.63) is 120 Å². The summed E-state index contributed by atoms with van der Waals surface area (Å²) in [5.74, 6) is 0. The van der Waals surface area contributed by atoms with Gasteiger partial charge >= 0.3 is 0 Å². The lowest BCUT2D eigenvalue weighted by Gasteiger charge is -2.14. The highest BCUT2D eigenvalue weighted by Gasteiger charge is 2.17. The molecule has 0 fully saturated rings. The zero-order chi connectivity index (χ0) is 26.1. The SMILES string of the molecule is Cc1ccc2c(c1)c1cc(C)ccc1c1nc(-c3ccccc3-c3cccc4c3sc3ccccc34)cnc21. The van der Waals surface area contributed by atoms with Gasteiger partial charge in [-0.05, 0) is 36.2 Å². The maximum Gasteiger partial charge on any atom is 0.0979 e. The van der Waals surface area contributed by atoms with Crippen molar-refractivity contribution in [1.82, 2.24) is 9.97 Å². The Morgan fingerprint density at radius 1 is 0.513 bits per heavy atom. The number of aryl methyl sites for hydroxylation is 2. The summed E-state index contributed by atoms with van der Waals surface area (Å²) in [6.07, 6.45) is 1.95. The molecule has 0 aliphatic carbocycles. The van der Waals surface area contributed by atoms with E-state index >= 15 is 0 Å². The summed E-state index contributed by atoms with van der Waals surface area (Å²) in [5, 5.41) is 7.38. The van der Waals surface area contributed by atoms with Crippen molar-refractivity contribution in [2.75, 3.05) is 0 Å². The van der Waals surface area contributed by atoms with Gasteiger partial charge in [0.1, 0.15) is 0 Å². The maximum absolute atomic E-state index is 5.33. The number of fused-ring (bicyclic) bond motifs is 9. The molecule has 2 nitrogen and oxygen atoms in total. The van der Waals surface area contributed by atoms with Gasteiger partial charge < -0.3 is 0 Å². The molecule has 8 aromatic rings. The molecule has 0 aliphatic rings. The minimum absolute atomic E-state index is 0.893. The van der Waals surface area contributed by atoms with E-state index < -0.39 is 0 Å². The van der Waals surface area contributed by atoms with E-state index in [4.69, 9.17) is 9.97 Å². The number of hydrogen-bond acceptors (Lipinski definition) is 3. The number of benzene rings is 6. The van der Waals surface area contributed by atoms with E-state index in [2.05, 4.69) is 117 Å². The predicted octanol–water partition coefficient (Wildman–Crippen LogP) is 10.3. The smallest absolute Gasteiger partial charge is 0.0979 e. The highest BCUT2D eigenvalue weighted by atomic mass is 32.1. The third-order valence-electron chi connectivity index (χ3n) is 7.82. The van der Waals surface area contributed by atoms with Gasteiger partial charge in [0.05, 0.1) is 22.9 Å². The summed E-state index contributed by atoms with van der Waals surface area (Å²) in [5.41, 5.74) is 8.81. The lowest BCUT2D eigenvalue weighted by molar-refractivity contribution is 1.31. The molecule has 0 unspecified atom stereocenters. The molecule has 0 amide bonds. The molecule has 0 radical (unpaired) electrons. The zero-order valence-electron chi connectivity index (χ0n) is 21.7. The molecule has 0 spiro atoms. The van der Waals surface area contributed by atoms with Crippen LogP contribution in [-0.2, 0) is 0 Å². The minimum atomic E-state index is 0.893. The van der Waals surface area contributed by atoms with Crippen molar-refractivity contribution in [2.24, 2.45) is 0 Å². The Labute approximate surface area is 230 Å². The van der Waals surface area contributed by atoms with Crippen LogP contribution in [0.5, 0.6) is 0 Å². The van der Waals surface area contributed by atoms with Crippen LogP contribution in [-0.4, -0.2) is 9.97 Å². The molecule has 0 bridgehead atoms. The van der Waals surface area contributed by atoms with Gasteiger partial charge in [0.15, 0.2) is 0 Å². The third-order valence-corrected chi connectivity index (χ3v) is 9.04. The lowest BCUT2D eigenvalue weighted by atomic mass is 9.95. The zero-order valence-corrected chi connectivity index (χ0v) is 22.5. The van der Waals surface area contributed by atoms with Crippen molar-refractivity contribution < 1.29 is 0 Å². The van der Waals surface area contributed by atoms with Gasteiger partial charge in [0.25, 0.3) is 0 Å². The van der Waals surface area contributed by atoms with Gasteiger partial charge in [-0.25, -0.2) is 4.98 Å². The molecule has 0 atom stereocenters. The molecule has 6 aromatic carbocycles. The molecule has 0 aliphatic heterocycles. The van der Waals surface area contributed by atoms with Gasteiger partial charge in [0.2, 0.25) is 0 Å². The van der Waals surface area contributed by atoms with E-state index in [9.17, 15) is 0 Å². The van der Waals surface area contributed by atoms with Gasteiger partial charge in [-0.3, -0.25) is 4.98 Å². The molecule has 0 saturated heterocycles. The normalized spacial score (nSPS) is 11.8. The fourth-order valence-corrected chi connectivity index (χ4v) is 7.21. The topological polar surface area (TPSA) is 25.8 Å². The first kappa shape index (κ1) is 22.4. The Balaban J connectivity index is 1.42. The first-order valence-corrected chi connectivity index (χ1v) is 14.1. The summed E-state index contributed by atoms with van der Waals surface area (Å²) in [6, 6.07) is 37.2. The standard InChI is InChI=1S/C36H24N2S/c1-21-14-16-26-30(18-21)31-19-22(2)15-17-27(31)35-34(26)37-20-32(38-35)24-9-4-3-8-23(24)28-11-7-12-29-25-10-5-6-13-33(25)39-36(28)29/h3-20H,1-2H3. The van der Waals surface area contributed by atoms with Crippen molar-refractivity contribution in [3.8, 4) is 22.4 Å². The molecule has 184 valence electrons. The molecule has 0 saturated carbocycles. The number of nitrogens with zero attached hydrogens (tertiary/aromatic N) is 2. The van der Waals surface area contributed by atoms with Crippen LogP contribution in [0.25, 0.3) is 75.1 Å². The molecular formula is C36H24N2S. The first-order valence-electron chi connectivity index (χ1n) is 13.3. The van der Waals surface area contributed by atoms with E-state index in [1.165, 1.54) is 53.2 Å². The van der Waals surface area contributed by atoms with Crippen LogP contribution < -0.4 is 0 Å². The average molecular weight is 517 g/mol. The van der Waals surface area contributed by atoms with Crippen LogP contribution >= 0.6 is 11.3 Å². The Morgan fingerprint density at radius 2 is 1.15 bits per heavy atom. The lowest BCUT2D eigenvalue weighted by Crippen LogP contribution is -1.94. The molecule has 0 N–H and O–H groups in total. The molecule has 3 heteroatoms. The first-order chi connectivity index (χ1) is 19.2. The van der Waals surface area contributed by atoms with E-state index in [0.29, 0.717) is 0 Å². The third kappa shape index (κ3) is 3.40. The summed E-state index contributed by atoms with van der Waals surface area (Å²) in [7, 11) is 0. The predicted molar refractivity (Wildman–Crippen MR) is 168 cm³/mol. The van der Waals surface area contributed by atoms with Gasteiger partial charge in [-0.2, -0.15) is 0 Å². The van der Waals surface area contributed by atoms with Crippen molar-refractivity contribution >= 4 is 64.1 Å². The minimum Gasteiger partial charge on any atom is -0.252 e. The fourth-order valence-electron chi connectivity index (χ4n) is 5.98. The summed E-state index contributed by atoms with van der Waals surface area (Å²) >= 11 is 1.86. The van der Waals surface area contributed by atoms with Gasteiger partial charge in [-0.15, -0.1) is 11.3 Å². The Hall–Kier alpha value is -4.60. The quantitative estimate of drug-likeness (QED) is 0.214. The fraction of sp³-hybridized carbons (Fsp3) is 0.0556. The van der Waals surface area contributed by atoms with Crippen LogP contribution in [0.4, 0.5) is 0 Å². The molecular weight excluding hydrogens is 492 g/mol. The summed E-state index contributed by atoms with van der Waals surface area (Å²) < 4.78 is 2.62. The van der Waals surface area contributed by atoms with E-state index in [-0.39, 0.29) is 0 Å². The van der Waals surface area contributed by atoms with Crippen molar-refractivity contribution in [1.29, 1.82) is 0 Å². The van der Waals surface area contributed by atoms with E-state index in [0.717, 1.165) is 33.1 Å². The Kier molecular flexibility index (Phi) is 4.85. The Bertz CT molecular complexity index is 2260. The van der Waals surface area contributed by atoms with Gasteiger partial charge in [0, 0.05) is 42.1 Å². The van der Waals surface area contributed by atoms with E-state index in [1.807, 2.05) is 17.5 Å². The summed E-state index contributed by atoms with van der Waals surface area (Å²) in [4.78, 5) is 10.4. The summed E-state index contributed by atoms with van der Waals surface area (Å²) in [6.45, 7) is 4.30. The molecule has 2 heterocycles. The van der Waals surface area contributed by atoms with Crippen molar-refractivity contribution in [3.63, 3.8) is 0 Å². The molecule has 8 rings (SSSR count). The van der Waals surface area contributed by atoms with Crippen LogP contribution in [0.1, 0.15) is 11.1 Å². The number of rotatable bonds is 2. The molecule has 39 heavy (non-hydrogen) atoms. The highest BCUT2D eigenvalue weighted by molar-refractivity contribution is 7.26. The maximum atomic E-state index is 5.33. The number of thiophene rings is 1. The van der Waals surface area contributed by atoms with Gasteiger partial charge in [-0.1, -0.05) is 108 Å². The second-order valence-electron chi connectivity index (χ2n) is 10.4. The van der Waals surface area contributed by atoms with Crippen LogP contribution in [0, 0.1) is 13.8 Å². The Morgan fingerprint density at radius 3 is 1.95 bits per heavy atom. The van der Waals surface area contributed by atoms with Crippen LogP contribution in [0.3, 0.4) is 0 Å². The van der Waals surface area contributed by atoms with Crippen LogP contribution in [0.2, 0.25) is 0 Å². The second kappa shape index (κ2) is 8.45. The van der Waals surface area contributed by atoms with E-state index in [1.54, 1.807) is 0 Å². The second-order valence-corrected chi connectivity index (χ2v) is 11.4. The number of hydrogen-bond donors (Lipinski definition) is 0. The molecule has 2 aromatic heterocycles. The van der Waals surface area contributed by atoms with Crippen LogP contribution in [0.15, 0.2) is 109 Å². The number of aromatic nitrogens is 2. The largest absolute Gasteiger partial charge is 0.252 e. The van der Waals surface area contributed by atoms with Crippen molar-refractivity contribution in [2.45, 2.75) is 13.8 Å². The monoisotopic (exact) mass is 516 g/mol. The highest BCUT2D eigenvalue weighted by Crippen LogP contribution is 2.43.